The predicted octanol–water partition coefficient (Wildman–Crippen LogP) is 3.17. The number of nitrogens with one attached hydrogen (secondary N) is 1. The van der Waals surface area contributed by atoms with Crippen LogP contribution in [0, 0.1) is 0 Å². The summed E-state index contributed by atoms with van der Waals surface area (Å²) in [7, 11) is -1.10. The Hall–Kier alpha value is -1.84. The van der Waals surface area contributed by atoms with Crippen LogP contribution in [0.3, 0.4) is 0 Å². The van der Waals surface area contributed by atoms with Gasteiger partial charge in [0.05, 0.1) is 33.7 Å². The Balaban J connectivity index is 1.30. The van der Waals surface area contributed by atoms with Crippen molar-refractivity contribution in [3.05, 3.63) is 28.9 Å². The second-order valence-corrected chi connectivity index (χ2v) is 11.9. The minimum atomic E-state index is -1.10. The molecule has 0 radical (unpaired) electrons. The van der Waals surface area contributed by atoms with Crippen molar-refractivity contribution in [3.63, 3.8) is 0 Å². The number of aliphatic hydroxyl groups is 1. The molecule has 4 aliphatic rings. The minimum absolute atomic E-state index is 0.0359. The number of hydrogen-bond donors (Lipinski definition) is 2. The van der Waals surface area contributed by atoms with Crippen LogP contribution >= 0.6 is 11.6 Å². The normalized spacial score (nSPS) is 27.0. The maximum absolute atomic E-state index is 13.1. The molecule has 2 aromatic rings. The van der Waals surface area contributed by atoms with Crippen molar-refractivity contribution in [2.24, 2.45) is 0 Å². The number of hydrogen-bond acceptors (Lipinski definition) is 8. The third-order valence-corrected chi connectivity index (χ3v) is 9.71. The molecule has 10 heteroatoms. The molecule has 0 amide bonds. The molecule has 8 nitrogen and oxygen atoms in total. The first-order valence-electron chi connectivity index (χ1n) is 11.9. The molecule has 2 aliphatic carbocycles. The van der Waals surface area contributed by atoms with Gasteiger partial charge in [-0.05, 0) is 51.4 Å². The molecule has 2 aliphatic heterocycles. The lowest BCUT2D eigenvalue weighted by Crippen LogP contribution is -2.48. The number of halogens is 1. The smallest absolute Gasteiger partial charge is 0.227 e. The molecule has 3 fully saturated rings. The summed E-state index contributed by atoms with van der Waals surface area (Å²) in [4.78, 5) is 21.9. The van der Waals surface area contributed by atoms with Crippen molar-refractivity contribution in [2.75, 3.05) is 35.7 Å². The third-order valence-electron chi connectivity index (χ3n) is 7.86. The fourth-order valence-electron chi connectivity index (χ4n) is 5.43. The highest BCUT2D eigenvalue weighted by Crippen LogP contribution is 2.56. The first-order valence-corrected chi connectivity index (χ1v) is 13.6. The van der Waals surface area contributed by atoms with Gasteiger partial charge < -0.3 is 15.3 Å². The number of nitrogens with zero attached hydrogens (tertiary/aromatic N) is 5. The van der Waals surface area contributed by atoms with Gasteiger partial charge in [0, 0.05) is 42.6 Å². The Morgan fingerprint density at radius 1 is 1.12 bits per heavy atom. The first kappa shape index (κ1) is 21.7. The van der Waals surface area contributed by atoms with E-state index >= 15 is 0 Å². The van der Waals surface area contributed by atoms with E-state index < -0.39 is 10.8 Å². The SMILES string of the molecule is O=S1CC2(CC2)c2nc(N3CCCC(c4ncc(Cl)cn4)CC3)nc(NC3(CO)CCC3)c21. The summed E-state index contributed by atoms with van der Waals surface area (Å²) in [5.41, 5.74) is 0.590. The van der Waals surface area contributed by atoms with Crippen molar-refractivity contribution >= 4 is 34.2 Å². The summed E-state index contributed by atoms with van der Waals surface area (Å²) in [5, 5.41) is 14.1. The van der Waals surface area contributed by atoms with Crippen LogP contribution in [0.2, 0.25) is 5.02 Å². The van der Waals surface area contributed by atoms with Crippen LogP contribution in [0.5, 0.6) is 0 Å². The third kappa shape index (κ3) is 3.82. The monoisotopic (exact) mass is 488 g/mol. The Morgan fingerprint density at radius 3 is 2.58 bits per heavy atom. The summed E-state index contributed by atoms with van der Waals surface area (Å²) in [6, 6.07) is 0. The lowest BCUT2D eigenvalue weighted by atomic mass is 9.77. The van der Waals surface area contributed by atoms with Crippen molar-refractivity contribution < 1.29 is 9.32 Å². The van der Waals surface area contributed by atoms with E-state index in [-0.39, 0.29) is 23.5 Å². The van der Waals surface area contributed by atoms with Gasteiger partial charge in [-0.25, -0.2) is 15.0 Å². The molecule has 0 aromatic carbocycles. The molecule has 6 rings (SSSR count). The molecule has 1 saturated heterocycles. The highest BCUT2D eigenvalue weighted by molar-refractivity contribution is 7.85. The van der Waals surface area contributed by atoms with E-state index in [1.807, 2.05) is 0 Å². The fourth-order valence-corrected chi connectivity index (χ4v) is 7.39. The van der Waals surface area contributed by atoms with Crippen LogP contribution in [0.4, 0.5) is 11.8 Å². The van der Waals surface area contributed by atoms with Gasteiger partial charge >= 0.3 is 0 Å². The van der Waals surface area contributed by atoms with Crippen LogP contribution in [-0.2, 0) is 16.2 Å². The highest BCUT2D eigenvalue weighted by atomic mass is 35.5. The molecule has 33 heavy (non-hydrogen) atoms. The van der Waals surface area contributed by atoms with E-state index in [0.717, 1.165) is 80.9 Å². The summed E-state index contributed by atoms with van der Waals surface area (Å²) in [6.45, 7) is 1.74. The van der Waals surface area contributed by atoms with Crippen LogP contribution in [0.15, 0.2) is 17.3 Å². The van der Waals surface area contributed by atoms with Crippen molar-refractivity contribution in [3.8, 4) is 0 Å². The quantitative estimate of drug-likeness (QED) is 0.661. The molecule has 2 unspecified atom stereocenters. The lowest BCUT2D eigenvalue weighted by Gasteiger charge is -2.41. The Morgan fingerprint density at radius 2 is 1.91 bits per heavy atom. The molecule has 176 valence electrons. The van der Waals surface area contributed by atoms with Gasteiger partial charge in [0.2, 0.25) is 5.95 Å². The zero-order valence-corrected chi connectivity index (χ0v) is 20.2. The largest absolute Gasteiger partial charge is 0.394 e. The van der Waals surface area contributed by atoms with E-state index in [4.69, 9.17) is 21.6 Å². The number of rotatable bonds is 5. The van der Waals surface area contributed by atoms with Crippen molar-refractivity contribution in [2.45, 2.75) is 73.1 Å². The number of fused-ring (bicyclic) bond motifs is 2. The van der Waals surface area contributed by atoms with Gasteiger partial charge in [0.1, 0.15) is 16.5 Å². The van der Waals surface area contributed by atoms with E-state index in [0.29, 0.717) is 22.5 Å². The Bertz CT molecular complexity index is 1080. The van der Waals surface area contributed by atoms with Crippen LogP contribution in [-0.4, -0.2) is 60.2 Å². The zero-order chi connectivity index (χ0) is 22.6. The predicted molar refractivity (Wildman–Crippen MR) is 127 cm³/mol. The molecule has 2 aromatic heterocycles. The van der Waals surface area contributed by atoms with Crippen LogP contribution in [0.25, 0.3) is 0 Å². The van der Waals surface area contributed by atoms with Crippen LogP contribution < -0.4 is 10.2 Å². The lowest BCUT2D eigenvalue weighted by molar-refractivity contribution is 0.143. The molecule has 2 N–H and O–H groups in total. The molecule has 4 heterocycles. The van der Waals surface area contributed by atoms with Gasteiger partial charge in [-0.15, -0.1) is 0 Å². The second kappa shape index (κ2) is 8.13. The van der Waals surface area contributed by atoms with Gasteiger partial charge in [-0.2, -0.15) is 4.98 Å². The molecule has 1 spiro atoms. The average Bonchev–Trinajstić information content (AvgIpc) is 3.55. The van der Waals surface area contributed by atoms with Crippen LogP contribution in [0.1, 0.15) is 68.8 Å². The average molecular weight is 489 g/mol. The maximum atomic E-state index is 13.1. The van der Waals surface area contributed by atoms with Gasteiger partial charge in [-0.1, -0.05) is 11.6 Å². The topological polar surface area (TPSA) is 104 Å². The van der Waals surface area contributed by atoms with E-state index in [1.54, 1.807) is 12.4 Å². The van der Waals surface area contributed by atoms with E-state index in [1.165, 1.54) is 0 Å². The summed E-state index contributed by atoms with van der Waals surface area (Å²) in [5.74, 6) is 3.17. The van der Waals surface area contributed by atoms with E-state index in [9.17, 15) is 9.32 Å². The Kier molecular flexibility index (Phi) is 5.34. The van der Waals surface area contributed by atoms with Crippen molar-refractivity contribution in [1.29, 1.82) is 0 Å². The second-order valence-electron chi connectivity index (χ2n) is 10.1. The molecular weight excluding hydrogens is 460 g/mol. The number of anilines is 2. The number of aromatic nitrogens is 4. The maximum Gasteiger partial charge on any atom is 0.227 e. The summed E-state index contributed by atoms with van der Waals surface area (Å²) < 4.78 is 13.1. The highest BCUT2D eigenvalue weighted by Gasteiger charge is 2.55. The standard InChI is InChI=1S/C23H29ClN6O2S/c24-16-11-25-19(26-12-16)15-3-1-9-30(10-4-15)21-27-18-17(33(32)14-22(18)7-8-22)20(28-21)29-23(13-31)5-2-6-23/h11-12,15,31H,1-10,13-14H2,(H,27,28,29). The first-order chi connectivity index (χ1) is 16.0. The van der Waals surface area contributed by atoms with Gasteiger partial charge in [-0.3, -0.25) is 4.21 Å². The molecule has 2 saturated carbocycles. The summed E-state index contributed by atoms with van der Waals surface area (Å²) in [6.07, 6.45) is 11.2. The van der Waals surface area contributed by atoms with Gasteiger partial charge in [0.25, 0.3) is 0 Å². The molecule has 0 bridgehead atoms. The number of aliphatic hydroxyl groups excluding tert-OH is 1. The molecule has 2 atom stereocenters. The van der Waals surface area contributed by atoms with E-state index in [2.05, 4.69) is 20.2 Å². The fraction of sp³-hybridized carbons (Fsp3) is 0.652. The van der Waals surface area contributed by atoms with Crippen molar-refractivity contribution in [1.82, 2.24) is 19.9 Å². The Labute approximate surface area is 201 Å². The van der Waals surface area contributed by atoms with Gasteiger partial charge in [0.15, 0.2) is 0 Å². The zero-order valence-electron chi connectivity index (χ0n) is 18.6. The minimum Gasteiger partial charge on any atom is -0.394 e. The summed E-state index contributed by atoms with van der Waals surface area (Å²) >= 11 is 5.96. The molecular formula is C23H29ClN6O2S.